The van der Waals surface area contributed by atoms with Crippen LogP contribution >= 0.6 is 0 Å². The first kappa shape index (κ1) is 82.9. The number of nitrogens with zero attached hydrogens (tertiary/aromatic N) is 6. The number of hydrogen-bond acceptors (Lipinski definition) is 7. The summed E-state index contributed by atoms with van der Waals surface area (Å²) in [7, 11) is 0. The Kier molecular flexibility index (Phi) is 42.5. The molecule has 0 aliphatic heterocycles. The fourth-order valence-corrected chi connectivity index (χ4v) is 10.0. The molecule has 0 saturated heterocycles. The van der Waals surface area contributed by atoms with E-state index in [0.29, 0.717) is 17.0 Å². The van der Waals surface area contributed by atoms with E-state index in [1.165, 1.54) is 145 Å². The largest absolute Gasteiger partial charge is 0.478 e. The van der Waals surface area contributed by atoms with Crippen molar-refractivity contribution in [3.8, 4) is 56.4 Å². The zero-order chi connectivity index (χ0) is 68.8. The molecule has 0 amide bonds. The van der Waals surface area contributed by atoms with Gasteiger partial charge in [-0.05, 0) is 95.8 Å². The summed E-state index contributed by atoms with van der Waals surface area (Å²) in [6.07, 6.45) is 38.3. The van der Waals surface area contributed by atoms with Crippen molar-refractivity contribution in [1.82, 2.24) is 29.9 Å². The van der Waals surface area contributed by atoms with Crippen molar-refractivity contribution in [2.75, 3.05) is 0 Å². The summed E-state index contributed by atoms with van der Waals surface area (Å²) in [5.41, 5.74) is 11.8. The number of aromatic nitrogens is 6. The molecule has 0 bridgehead atoms. The van der Waals surface area contributed by atoms with Crippen molar-refractivity contribution in [2.45, 2.75) is 156 Å². The fraction of sp³-hybridized carbons (Fsp3) is 0.282. The third kappa shape index (κ3) is 33.3. The van der Waals surface area contributed by atoms with E-state index in [9.17, 15) is 22.4 Å². The maximum Gasteiger partial charge on any atom is 0.335 e. The van der Waals surface area contributed by atoms with Gasteiger partial charge in [-0.25, -0.2) is 4.79 Å². The fourth-order valence-electron chi connectivity index (χ4n) is 10.0. The first-order valence-corrected chi connectivity index (χ1v) is 34.1. The number of carboxylic acids is 1. The Morgan fingerprint density at radius 2 is 0.677 bits per heavy atom. The quantitative estimate of drug-likeness (QED) is 0.0308. The molecular weight excluding hydrogens is 1600 g/mol. The van der Waals surface area contributed by atoms with E-state index in [2.05, 4.69) is 123 Å². The monoisotopic (exact) mass is 1690 g/mol. The van der Waals surface area contributed by atoms with Gasteiger partial charge in [-0.3, -0.25) is 27.5 Å². The van der Waals surface area contributed by atoms with E-state index in [4.69, 9.17) is 5.11 Å². The van der Waals surface area contributed by atoms with Crippen molar-refractivity contribution >= 4 is 5.97 Å². The van der Waals surface area contributed by atoms with Gasteiger partial charge in [0.1, 0.15) is 0 Å². The third-order valence-corrected chi connectivity index (χ3v) is 15.4. The van der Waals surface area contributed by atoms with Gasteiger partial charge in [0.05, 0.1) is 17.0 Å². The molecule has 14 heteroatoms. The van der Waals surface area contributed by atoms with Crippen LogP contribution in [0.2, 0.25) is 0 Å². The molecule has 0 spiro atoms. The summed E-state index contributed by atoms with van der Waals surface area (Å²) in [4.78, 5) is 35.6. The van der Waals surface area contributed by atoms with Gasteiger partial charge in [0.25, 0.3) is 0 Å². The van der Waals surface area contributed by atoms with E-state index in [1.54, 1.807) is 85.3 Å². The Labute approximate surface area is 612 Å². The molecule has 5 aromatic carbocycles. The van der Waals surface area contributed by atoms with Gasteiger partial charge >= 0.3 is 5.97 Å². The van der Waals surface area contributed by atoms with Crippen molar-refractivity contribution in [3.05, 3.63) is 301 Å². The Bertz CT molecular complexity index is 3520. The van der Waals surface area contributed by atoms with Crippen LogP contribution in [0.1, 0.15) is 163 Å². The minimum absolute atomic E-state index is 0. The van der Waals surface area contributed by atoms with Gasteiger partial charge < -0.3 is 25.0 Å². The predicted octanol–water partition coefficient (Wildman–Crippen LogP) is 23.0. The Balaban J connectivity index is 0.000000255. The molecule has 0 fully saturated rings. The minimum Gasteiger partial charge on any atom is -0.478 e. The SMILES string of the molecule is CCCCCCCCc1c[c-]c(-c2ccccn2)cc1.CCCCCCCCc1c[c-]c(-c2ccccn2)cc1.CCCCCCCCc1ccc(-c2ccccn2)nc1.Fc1c[c-]c(-c2ccccn2)c(F)c1.Fc1c[c-]c(-c2ccccn2)c(F)c1.O=C(O)c1ccccc1.[Ir].[Ir]. The summed E-state index contributed by atoms with van der Waals surface area (Å²) in [6.45, 7) is 6.78. The number of carboxylic acid groups (broad SMARTS) is 1. The molecule has 522 valence electrons. The number of aryl methyl sites for hydroxylation is 3. The second-order valence-electron chi connectivity index (χ2n) is 23.2. The molecule has 6 heterocycles. The van der Waals surface area contributed by atoms with E-state index in [1.807, 2.05) is 73.2 Å². The number of unbranched alkanes of at least 4 members (excludes halogenated alkanes) is 15. The number of aromatic carboxylic acids is 1. The molecule has 8 nitrogen and oxygen atoms in total. The first-order valence-electron chi connectivity index (χ1n) is 34.1. The summed E-state index contributed by atoms with van der Waals surface area (Å²) < 4.78 is 51.6. The van der Waals surface area contributed by atoms with Crippen molar-refractivity contribution < 1.29 is 67.7 Å². The molecule has 1 N–H and O–H groups in total. The molecule has 0 unspecified atom stereocenters. The molecule has 2 radical (unpaired) electrons. The van der Waals surface area contributed by atoms with Crippen molar-refractivity contribution in [2.24, 2.45) is 0 Å². The maximum atomic E-state index is 13.2. The van der Waals surface area contributed by atoms with Crippen LogP contribution in [0.5, 0.6) is 0 Å². The summed E-state index contributed by atoms with van der Waals surface area (Å²) >= 11 is 0. The number of benzene rings is 5. The van der Waals surface area contributed by atoms with Crippen LogP contribution in [0.4, 0.5) is 17.6 Å². The van der Waals surface area contributed by atoms with Crippen molar-refractivity contribution in [3.63, 3.8) is 0 Å². The van der Waals surface area contributed by atoms with Gasteiger partial charge in [-0.1, -0.05) is 245 Å². The number of carbonyl (C=O) groups is 1. The molecule has 0 atom stereocenters. The topological polar surface area (TPSA) is 115 Å². The predicted molar refractivity (Wildman–Crippen MR) is 386 cm³/mol. The Morgan fingerprint density at radius 3 is 0.990 bits per heavy atom. The van der Waals surface area contributed by atoms with Crippen LogP contribution in [0, 0.1) is 47.5 Å². The van der Waals surface area contributed by atoms with Crippen LogP contribution in [0.3, 0.4) is 0 Å². The molecule has 6 aromatic heterocycles. The van der Waals surface area contributed by atoms with E-state index in [-0.39, 0.29) is 51.3 Å². The molecule has 0 aliphatic carbocycles. The summed E-state index contributed by atoms with van der Waals surface area (Å²) in [5.74, 6) is -3.45. The average Bonchev–Trinajstić information content (AvgIpc) is 0.928. The smallest absolute Gasteiger partial charge is 0.335 e. The second-order valence-corrected chi connectivity index (χ2v) is 23.2. The van der Waals surface area contributed by atoms with Gasteiger partial charge in [-0.2, -0.15) is 0 Å². The molecule has 0 saturated carbocycles. The first-order chi connectivity index (χ1) is 47.5. The number of rotatable bonds is 27. The second kappa shape index (κ2) is 50.8. The third-order valence-electron chi connectivity index (χ3n) is 15.4. The number of halogens is 4. The van der Waals surface area contributed by atoms with Gasteiger partial charge in [0.15, 0.2) is 0 Å². The molecular formula is C85H90F4Ir2N6O2-4. The van der Waals surface area contributed by atoms with Crippen molar-refractivity contribution in [1.29, 1.82) is 0 Å². The van der Waals surface area contributed by atoms with E-state index < -0.39 is 29.2 Å². The van der Waals surface area contributed by atoms with E-state index in [0.717, 1.165) is 64.6 Å². The normalized spacial score (nSPS) is 10.1. The number of hydrogen-bond donors (Lipinski definition) is 1. The molecule has 11 aromatic rings. The molecule has 0 aliphatic rings. The van der Waals surface area contributed by atoms with Crippen LogP contribution in [-0.4, -0.2) is 41.0 Å². The van der Waals surface area contributed by atoms with Crippen LogP contribution < -0.4 is 0 Å². The maximum absolute atomic E-state index is 13.2. The van der Waals surface area contributed by atoms with Gasteiger partial charge in [0.2, 0.25) is 0 Å². The molecule has 99 heavy (non-hydrogen) atoms. The van der Waals surface area contributed by atoms with Gasteiger partial charge in [0, 0.05) is 101 Å². The summed E-state index contributed by atoms with van der Waals surface area (Å²) in [5, 5.41) is 8.38. The zero-order valence-corrected chi connectivity index (χ0v) is 61.8. The summed E-state index contributed by atoms with van der Waals surface area (Å²) in [6, 6.07) is 69.1. The average molecular weight is 1690 g/mol. The van der Waals surface area contributed by atoms with Gasteiger partial charge in [-0.15, -0.1) is 95.1 Å². The molecule has 11 rings (SSSR count). The van der Waals surface area contributed by atoms with Crippen LogP contribution in [0.15, 0.2) is 231 Å². The Morgan fingerprint density at radius 1 is 0.343 bits per heavy atom. The number of pyridine rings is 6. The zero-order valence-electron chi connectivity index (χ0n) is 57.0. The Hall–Kier alpha value is -8.51. The minimum atomic E-state index is -0.879. The standard InChI is InChI=1S/2C19H24N.C18H24N2.2C11H6F2N.C7H6O2.2Ir/c2*1-2-3-4-5-6-7-10-17-12-14-18(15-13-17)19-11-8-9-16-20-19;1-2-3-4-5-6-7-10-16-12-13-18(20-15-16)17-11-8-9-14-19-17;2*12-8-4-5-9(10(13)7-8)11-3-1-2-6-14-11;8-7(9)6-4-2-1-3-5-6;;/h2*8-9,11-14,16H,2-7,10H2,1H3;8-9,11-15H,2-7,10H2,1H3;2*1-4,6-7H;1-5H,(H,8,9);;/q2*-1;;2*-1;;;. The van der Waals surface area contributed by atoms with Crippen LogP contribution in [0.25, 0.3) is 56.4 Å². The van der Waals surface area contributed by atoms with E-state index >= 15 is 0 Å². The van der Waals surface area contributed by atoms with Crippen LogP contribution in [-0.2, 0) is 59.5 Å².